The zero-order valence-electron chi connectivity index (χ0n) is 18.6. The Labute approximate surface area is 192 Å². The average Bonchev–Trinajstić information content (AvgIpc) is 3.28. The number of hydrogen-bond acceptors (Lipinski definition) is 4. The van der Waals surface area contributed by atoms with E-state index >= 15 is 0 Å². The Bertz CT molecular complexity index is 944. The van der Waals surface area contributed by atoms with Crippen molar-refractivity contribution in [2.45, 2.75) is 51.6 Å². The van der Waals surface area contributed by atoms with Gasteiger partial charge in [-0.3, -0.25) is 15.4 Å². The second kappa shape index (κ2) is 10.6. The van der Waals surface area contributed by atoms with Gasteiger partial charge in [-0.05, 0) is 42.7 Å². The highest BCUT2D eigenvalue weighted by molar-refractivity contribution is 7.98. The molecule has 1 saturated heterocycles. The van der Waals surface area contributed by atoms with E-state index < -0.39 is 0 Å². The van der Waals surface area contributed by atoms with Crippen LogP contribution < -0.4 is 16.0 Å². The van der Waals surface area contributed by atoms with E-state index in [4.69, 9.17) is 10.6 Å². The van der Waals surface area contributed by atoms with Crippen LogP contribution in [-0.2, 0) is 9.63 Å². The van der Waals surface area contributed by atoms with E-state index in [-0.39, 0.29) is 17.8 Å². The maximum atomic E-state index is 15.0. The number of oxime groups is 1. The lowest BCUT2D eigenvalue weighted by Crippen LogP contribution is -2.50. The number of amides is 1. The molecule has 2 fully saturated rings. The maximum Gasteiger partial charge on any atom is 0.217 e. The number of piperazine rings is 1. The highest BCUT2D eigenvalue weighted by Crippen LogP contribution is 2.25. The molecular formula is C23H32FN5O2S. The minimum absolute atomic E-state index is 0.108. The summed E-state index contributed by atoms with van der Waals surface area (Å²) >= 11 is 0. The van der Waals surface area contributed by atoms with E-state index in [0.717, 1.165) is 31.3 Å². The van der Waals surface area contributed by atoms with Crippen molar-refractivity contribution in [3.8, 4) is 0 Å². The number of nitrogens with zero attached hydrogens (tertiary/aromatic N) is 3. The van der Waals surface area contributed by atoms with E-state index in [2.05, 4.69) is 20.3 Å². The number of rotatable bonds is 4. The largest absolute Gasteiger partial charge is 0.390 e. The fraction of sp³-hybridized carbons (Fsp3) is 0.565. The van der Waals surface area contributed by atoms with Gasteiger partial charge in [0.2, 0.25) is 5.91 Å². The van der Waals surface area contributed by atoms with Crippen molar-refractivity contribution in [2.75, 3.05) is 37.6 Å². The van der Waals surface area contributed by atoms with Crippen LogP contribution in [0.25, 0.3) is 0 Å². The molecule has 9 heteroatoms. The van der Waals surface area contributed by atoms with Gasteiger partial charge in [-0.15, -0.1) is 10.9 Å². The first-order valence-electron chi connectivity index (χ1n) is 11.4. The second-order valence-corrected chi connectivity index (χ2v) is 9.79. The van der Waals surface area contributed by atoms with Crippen molar-refractivity contribution in [3.05, 3.63) is 29.6 Å². The fourth-order valence-corrected chi connectivity index (χ4v) is 5.44. The molecule has 0 spiro atoms. The van der Waals surface area contributed by atoms with Gasteiger partial charge < -0.3 is 15.1 Å². The van der Waals surface area contributed by atoms with Crippen LogP contribution in [0, 0.1) is 5.82 Å². The van der Waals surface area contributed by atoms with Gasteiger partial charge in [-0.1, -0.05) is 17.6 Å². The molecule has 2 aliphatic heterocycles. The molecule has 1 aromatic carbocycles. The lowest BCUT2D eigenvalue weighted by Gasteiger charge is -2.35. The summed E-state index contributed by atoms with van der Waals surface area (Å²) in [6, 6.07) is 5.24. The number of carbonyl (C=O) groups excluding carboxylic acids is 1. The molecular weight excluding hydrogens is 429 g/mol. The molecule has 0 bridgehead atoms. The summed E-state index contributed by atoms with van der Waals surface area (Å²) < 4.78 is 15.0. The Kier molecular flexibility index (Phi) is 7.59. The molecule has 3 aliphatic rings. The van der Waals surface area contributed by atoms with Crippen LogP contribution in [0.1, 0.15) is 51.0 Å². The van der Waals surface area contributed by atoms with Crippen LogP contribution >= 0.6 is 10.9 Å². The number of carbonyl (C=O) groups is 1. The first-order valence-corrected chi connectivity index (χ1v) is 12.2. The summed E-state index contributed by atoms with van der Waals surface area (Å²) in [5.41, 5.74) is 8.40. The molecule has 1 unspecified atom stereocenters. The van der Waals surface area contributed by atoms with Crippen LogP contribution in [0.2, 0.25) is 0 Å². The molecule has 1 atom stereocenters. The lowest BCUT2D eigenvalue weighted by atomic mass is 10.0. The van der Waals surface area contributed by atoms with Crippen LogP contribution in [-0.4, -0.2) is 65.3 Å². The summed E-state index contributed by atoms with van der Waals surface area (Å²) in [4.78, 5) is 22.2. The fourth-order valence-electron chi connectivity index (χ4n) is 4.34. The lowest BCUT2D eigenvalue weighted by molar-refractivity contribution is -0.119. The first kappa shape index (κ1) is 22.9. The van der Waals surface area contributed by atoms with Crippen LogP contribution in [0.4, 0.5) is 10.1 Å². The van der Waals surface area contributed by atoms with E-state index in [1.165, 1.54) is 50.0 Å². The molecule has 4 rings (SSSR count). The number of benzene rings is 1. The molecule has 1 amide bonds. The zero-order chi connectivity index (χ0) is 22.5. The van der Waals surface area contributed by atoms with E-state index in [1.54, 1.807) is 10.9 Å². The second-order valence-electron chi connectivity index (χ2n) is 8.59. The van der Waals surface area contributed by atoms with Crippen LogP contribution in [0.3, 0.4) is 0 Å². The monoisotopic (exact) mass is 461 g/mol. The normalized spacial score (nSPS) is 21.7. The summed E-state index contributed by atoms with van der Waals surface area (Å²) in [5, 5.41) is 7.68. The van der Waals surface area contributed by atoms with Crippen molar-refractivity contribution in [1.82, 2.24) is 10.2 Å². The van der Waals surface area contributed by atoms with E-state index in [1.807, 2.05) is 12.1 Å². The molecule has 1 aromatic rings. The standard InChI is InChI=1S/C23H32FN5O2S/c1-16(30)26-15-18-14-21(27-31-18)17-7-8-22(20(24)13-17)28-9-11-29(12-10-28)23(25)32-19-5-3-2-4-6-19/h7-8,13,18H,2-6,9-12,14-15,25H2,1H3,(H,26,30). The summed E-state index contributed by atoms with van der Waals surface area (Å²) in [7, 11) is 1.74. The van der Waals surface area contributed by atoms with Gasteiger partial charge in [0.25, 0.3) is 0 Å². The third-order valence-corrected chi connectivity index (χ3v) is 7.35. The number of halogens is 1. The quantitative estimate of drug-likeness (QED) is 0.674. The predicted molar refractivity (Wildman–Crippen MR) is 130 cm³/mol. The first-order chi connectivity index (χ1) is 15.5. The Morgan fingerprint density at radius 3 is 2.69 bits per heavy atom. The highest BCUT2D eigenvalue weighted by Gasteiger charge is 2.25. The smallest absolute Gasteiger partial charge is 0.217 e. The number of nitrogens with two attached hydrogens (primary N) is 1. The topological polar surface area (TPSA) is 83.2 Å². The van der Waals surface area contributed by atoms with Crippen molar-refractivity contribution in [3.63, 3.8) is 0 Å². The van der Waals surface area contributed by atoms with Crippen LogP contribution in [0.15, 0.2) is 23.4 Å². The molecule has 1 aliphatic carbocycles. The molecule has 0 radical (unpaired) electrons. The summed E-state index contributed by atoms with van der Waals surface area (Å²) in [6.45, 7) is 4.90. The Morgan fingerprint density at radius 2 is 2.00 bits per heavy atom. The van der Waals surface area contributed by atoms with Gasteiger partial charge in [0.15, 0.2) is 0 Å². The van der Waals surface area contributed by atoms with Crippen molar-refractivity contribution in [2.24, 2.45) is 10.9 Å². The van der Waals surface area contributed by atoms with E-state index in [9.17, 15) is 9.18 Å². The van der Waals surface area contributed by atoms with Gasteiger partial charge in [-0.2, -0.15) is 0 Å². The van der Waals surface area contributed by atoms with Crippen molar-refractivity contribution in [1.29, 1.82) is 0 Å². The van der Waals surface area contributed by atoms with E-state index in [0.29, 0.717) is 29.9 Å². The number of nitrogens with one attached hydrogen (secondary N) is 1. The number of hydrogen-bond donors (Lipinski definition) is 2. The molecule has 3 N–H and O–H groups in total. The summed E-state index contributed by atoms with van der Waals surface area (Å²) in [5.74, 6) is -0.365. The van der Waals surface area contributed by atoms with Gasteiger partial charge in [0.05, 0.1) is 17.9 Å². The minimum Gasteiger partial charge on any atom is -0.390 e. The van der Waals surface area contributed by atoms with Gasteiger partial charge >= 0.3 is 0 Å². The third-order valence-electron chi connectivity index (χ3n) is 6.18. The van der Waals surface area contributed by atoms with Gasteiger partial charge in [0.1, 0.15) is 17.0 Å². The molecule has 2 heterocycles. The average molecular weight is 462 g/mol. The SMILES string of the molecule is CC(=O)NCC1CC(c2ccc(N3CCN(C(N)=S=C4CCCCC4)CC3)c(F)c2)=NO1. The summed E-state index contributed by atoms with van der Waals surface area (Å²) in [6.07, 6.45) is 6.55. The van der Waals surface area contributed by atoms with Crippen molar-refractivity contribution >= 4 is 38.2 Å². The van der Waals surface area contributed by atoms with Gasteiger partial charge in [0, 0.05) is 45.1 Å². The Balaban J connectivity index is 1.34. The maximum absolute atomic E-state index is 15.0. The van der Waals surface area contributed by atoms with Gasteiger partial charge in [-0.25, -0.2) is 4.39 Å². The van der Waals surface area contributed by atoms with Crippen molar-refractivity contribution < 1.29 is 14.0 Å². The molecule has 32 heavy (non-hydrogen) atoms. The molecule has 1 saturated carbocycles. The minimum atomic E-state index is -0.256. The predicted octanol–water partition coefficient (Wildman–Crippen LogP) is 2.49. The third kappa shape index (κ3) is 5.76. The molecule has 174 valence electrons. The Hall–Kier alpha value is -2.23. The number of anilines is 1. The van der Waals surface area contributed by atoms with Crippen LogP contribution in [0.5, 0.6) is 0 Å². The zero-order valence-corrected chi connectivity index (χ0v) is 19.4. The Morgan fingerprint density at radius 1 is 1.25 bits per heavy atom. The molecule has 0 aromatic heterocycles. The highest BCUT2D eigenvalue weighted by atomic mass is 32.1. The molecule has 7 nitrogen and oxygen atoms in total.